The van der Waals surface area contributed by atoms with Gasteiger partial charge in [0, 0.05) is 11.1 Å². The number of carbonyl (C=O) groups excluding carboxylic acids is 1. The minimum absolute atomic E-state index is 0.125. The Hall–Kier alpha value is -1.55. The smallest absolute Gasteiger partial charge is 0.194 e. The predicted octanol–water partition coefficient (Wildman–Crippen LogP) is 4.58. The van der Waals surface area contributed by atoms with Crippen LogP contribution in [0.2, 0.25) is 0 Å². The van der Waals surface area contributed by atoms with Crippen LogP contribution < -0.4 is 0 Å². The predicted molar refractivity (Wildman–Crippen MR) is 73.4 cm³/mol. The van der Waals surface area contributed by atoms with E-state index >= 15 is 0 Å². The Morgan fingerprint density at radius 3 is 2.26 bits per heavy atom. The average molecular weight is 325 g/mol. The number of hydrogen-bond donors (Lipinski definition) is 0. The summed E-state index contributed by atoms with van der Waals surface area (Å²) in [5.41, 5.74) is 1.37. The van der Waals surface area contributed by atoms with E-state index in [0.717, 1.165) is 0 Å². The second-order valence-electron chi connectivity index (χ2n) is 4.35. The molecule has 0 spiro atoms. The lowest BCUT2D eigenvalue weighted by Gasteiger charge is -2.08. The first kappa shape index (κ1) is 13.9. The van der Waals surface area contributed by atoms with Gasteiger partial charge in [0.15, 0.2) is 5.78 Å². The van der Waals surface area contributed by atoms with Crippen molar-refractivity contribution in [3.05, 3.63) is 68.7 Å². The number of benzene rings is 2. The molecule has 0 bridgehead atoms. The maximum atomic E-state index is 13.5. The van der Waals surface area contributed by atoms with Gasteiger partial charge in [-0.1, -0.05) is 6.07 Å². The minimum atomic E-state index is -0.499. The Morgan fingerprint density at radius 2 is 1.68 bits per heavy atom. The standard InChI is InChI=1S/C15H11BrF2O/c1-8-6-10(7-9(2)14(8)18)15(19)11-4-3-5-12(17)13(11)16/h3-7H,1-2H3. The third-order valence-corrected chi connectivity index (χ3v) is 3.70. The third kappa shape index (κ3) is 2.59. The van der Waals surface area contributed by atoms with Crippen molar-refractivity contribution in [3.63, 3.8) is 0 Å². The fourth-order valence-corrected chi connectivity index (χ4v) is 2.36. The third-order valence-electron chi connectivity index (χ3n) is 2.89. The highest BCUT2D eigenvalue weighted by atomic mass is 79.9. The number of hydrogen-bond acceptors (Lipinski definition) is 1. The summed E-state index contributed by atoms with van der Waals surface area (Å²) in [5, 5.41) is 0. The molecule has 0 aromatic heterocycles. The molecule has 0 fully saturated rings. The van der Waals surface area contributed by atoms with Crippen LogP contribution in [0.1, 0.15) is 27.0 Å². The molecule has 98 valence electrons. The lowest BCUT2D eigenvalue weighted by atomic mass is 9.99. The zero-order valence-electron chi connectivity index (χ0n) is 10.4. The van der Waals surface area contributed by atoms with Gasteiger partial charge >= 0.3 is 0 Å². The molecule has 4 heteroatoms. The van der Waals surface area contributed by atoms with E-state index in [1.165, 1.54) is 30.3 Å². The molecule has 1 nitrogen and oxygen atoms in total. The van der Waals surface area contributed by atoms with Crippen molar-refractivity contribution >= 4 is 21.7 Å². The number of halogens is 3. The molecule has 0 aliphatic heterocycles. The van der Waals surface area contributed by atoms with Crippen molar-refractivity contribution in [2.24, 2.45) is 0 Å². The molecule has 0 atom stereocenters. The zero-order valence-corrected chi connectivity index (χ0v) is 12.0. The lowest BCUT2D eigenvalue weighted by Crippen LogP contribution is -2.05. The van der Waals surface area contributed by atoms with E-state index in [1.54, 1.807) is 13.8 Å². The van der Waals surface area contributed by atoms with Crippen LogP contribution in [-0.2, 0) is 0 Å². The van der Waals surface area contributed by atoms with Crippen molar-refractivity contribution < 1.29 is 13.6 Å². The first-order valence-corrected chi connectivity index (χ1v) is 6.46. The molecule has 19 heavy (non-hydrogen) atoms. The average Bonchev–Trinajstić information content (AvgIpc) is 2.38. The Labute approximate surface area is 118 Å². The SMILES string of the molecule is Cc1cc(C(=O)c2cccc(F)c2Br)cc(C)c1F. The maximum Gasteiger partial charge on any atom is 0.194 e. The number of aryl methyl sites for hydroxylation is 2. The first-order chi connectivity index (χ1) is 8.91. The highest BCUT2D eigenvalue weighted by molar-refractivity contribution is 9.10. The van der Waals surface area contributed by atoms with Crippen LogP contribution >= 0.6 is 15.9 Å². The van der Waals surface area contributed by atoms with Gasteiger partial charge in [0.25, 0.3) is 0 Å². The van der Waals surface area contributed by atoms with Gasteiger partial charge in [-0.15, -0.1) is 0 Å². The molecule has 0 heterocycles. The van der Waals surface area contributed by atoms with E-state index in [9.17, 15) is 13.6 Å². The normalized spacial score (nSPS) is 10.6. The molecule has 0 aliphatic rings. The second kappa shape index (κ2) is 5.21. The molecule has 0 radical (unpaired) electrons. The summed E-state index contributed by atoms with van der Waals surface area (Å²) in [5.74, 6) is -1.16. The largest absolute Gasteiger partial charge is 0.289 e. The van der Waals surface area contributed by atoms with Gasteiger partial charge in [0.05, 0.1) is 4.47 Å². The fraction of sp³-hybridized carbons (Fsp3) is 0.133. The van der Waals surface area contributed by atoms with E-state index in [-0.39, 0.29) is 21.6 Å². The Balaban J connectivity index is 2.53. The van der Waals surface area contributed by atoms with E-state index in [1.807, 2.05) is 0 Å². The Bertz CT molecular complexity index is 642. The quantitative estimate of drug-likeness (QED) is 0.739. The van der Waals surface area contributed by atoms with Gasteiger partial charge in [0.1, 0.15) is 11.6 Å². The number of rotatable bonds is 2. The van der Waals surface area contributed by atoms with Gasteiger partial charge in [-0.25, -0.2) is 8.78 Å². The summed E-state index contributed by atoms with van der Waals surface area (Å²) in [6.45, 7) is 3.19. The van der Waals surface area contributed by atoms with E-state index in [2.05, 4.69) is 15.9 Å². The summed E-state index contributed by atoms with van der Waals surface area (Å²) in [7, 11) is 0. The number of carbonyl (C=O) groups is 1. The summed E-state index contributed by atoms with van der Waals surface area (Å²) in [6, 6.07) is 7.21. The molecule has 0 aliphatic carbocycles. The van der Waals surface area contributed by atoms with Crippen LogP contribution in [0, 0.1) is 25.5 Å². The van der Waals surface area contributed by atoms with Crippen LogP contribution in [0.5, 0.6) is 0 Å². The molecule has 2 rings (SSSR count). The summed E-state index contributed by atoms with van der Waals surface area (Å²) < 4.78 is 27.1. The second-order valence-corrected chi connectivity index (χ2v) is 5.15. The molecule has 0 saturated heterocycles. The molecular weight excluding hydrogens is 314 g/mol. The number of ketones is 1. The maximum absolute atomic E-state index is 13.5. The van der Waals surface area contributed by atoms with Crippen molar-refractivity contribution in [1.29, 1.82) is 0 Å². The Kier molecular flexibility index (Phi) is 3.80. The van der Waals surface area contributed by atoms with Crippen molar-refractivity contribution in [3.8, 4) is 0 Å². The lowest BCUT2D eigenvalue weighted by molar-refractivity contribution is 0.103. The van der Waals surface area contributed by atoms with Gasteiger partial charge in [-0.2, -0.15) is 0 Å². The van der Waals surface area contributed by atoms with Gasteiger partial charge in [-0.05, 0) is 65.2 Å². The molecule has 0 N–H and O–H groups in total. The van der Waals surface area contributed by atoms with Crippen LogP contribution in [-0.4, -0.2) is 5.78 Å². The summed E-state index contributed by atoms with van der Waals surface area (Å²) in [4.78, 5) is 12.3. The highest BCUT2D eigenvalue weighted by Gasteiger charge is 2.17. The van der Waals surface area contributed by atoms with Crippen molar-refractivity contribution in [1.82, 2.24) is 0 Å². The molecule has 2 aromatic carbocycles. The van der Waals surface area contributed by atoms with Gasteiger partial charge in [0.2, 0.25) is 0 Å². The minimum Gasteiger partial charge on any atom is -0.289 e. The van der Waals surface area contributed by atoms with E-state index < -0.39 is 5.82 Å². The van der Waals surface area contributed by atoms with Crippen LogP contribution in [0.3, 0.4) is 0 Å². The fourth-order valence-electron chi connectivity index (χ4n) is 1.91. The molecule has 0 saturated carbocycles. The first-order valence-electron chi connectivity index (χ1n) is 5.67. The van der Waals surface area contributed by atoms with Gasteiger partial charge in [-0.3, -0.25) is 4.79 Å². The van der Waals surface area contributed by atoms with Crippen LogP contribution in [0.4, 0.5) is 8.78 Å². The highest BCUT2D eigenvalue weighted by Crippen LogP contribution is 2.24. The van der Waals surface area contributed by atoms with Gasteiger partial charge < -0.3 is 0 Å². The topological polar surface area (TPSA) is 17.1 Å². The molecule has 0 amide bonds. The van der Waals surface area contributed by atoms with E-state index in [4.69, 9.17) is 0 Å². The van der Waals surface area contributed by atoms with Crippen LogP contribution in [0.15, 0.2) is 34.8 Å². The van der Waals surface area contributed by atoms with Crippen LogP contribution in [0.25, 0.3) is 0 Å². The monoisotopic (exact) mass is 324 g/mol. The van der Waals surface area contributed by atoms with E-state index in [0.29, 0.717) is 16.7 Å². The van der Waals surface area contributed by atoms with Crippen molar-refractivity contribution in [2.45, 2.75) is 13.8 Å². The van der Waals surface area contributed by atoms with Crippen molar-refractivity contribution in [2.75, 3.05) is 0 Å². The molecular formula is C15H11BrF2O. The zero-order chi connectivity index (χ0) is 14.2. The summed E-state index contributed by atoms with van der Waals surface area (Å²) >= 11 is 3.06. The molecule has 2 aromatic rings. The summed E-state index contributed by atoms with van der Waals surface area (Å²) in [6.07, 6.45) is 0. The Morgan fingerprint density at radius 1 is 1.11 bits per heavy atom. The molecule has 0 unspecified atom stereocenters.